The summed E-state index contributed by atoms with van der Waals surface area (Å²) in [5, 5.41) is 11.0. The molecule has 5 aromatic rings. The normalized spacial score (nSPS) is 11.5. The van der Waals surface area contributed by atoms with Gasteiger partial charge in [-0.15, -0.1) is 11.3 Å². The van der Waals surface area contributed by atoms with Crippen LogP contribution in [0.2, 0.25) is 0 Å². The second kappa shape index (κ2) is 9.19. The minimum atomic E-state index is -0.997. The van der Waals surface area contributed by atoms with Crippen molar-refractivity contribution in [1.82, 2.24) is 9.55 Å². The number of fused-ring (bicyclic) bond motifs is 2. The van der Waals surface area contributed by atoms with Crippen LogP contribution < -0.4 is 0 Å². The Morgan fingerprint density at radius 2 is 1.74 bits per heavy atom. The third-order valence-corrected chi connectivity index (χ3v) is 7.36. The van der Waals surface area contributed by atoms with E-state index in [9.17, 15) is 23.1 Å². The van der Waals surface area contributed by atoms with E-state index in [1.54, 1.807) is 4.57 Å². The van der Waals surface area contributed by atoms with E-state index in [2.05, 4.69) is 0 Å². The number of aryl methyl sites for hydroxylation is 1. The number of carboxylic acids is 1. The highest BCUT2D eigenvalue weighted by Gasteiger charge is 2.26. The molecule has 0 saturated carbocycles. The Bertz CT molecular complexity index is 1570. The highest BCUT2D eigenvalue weighted by Crippen LogP contribution is 2.46. The van der Waals surface area contributed by atoms with Crippen LogP contribution in [0.3, 0.4) is 0 Å². The fraction of sp³-hybridized carbons (Fsp3) is 0.185. The number of nitrogens with zero attached hydrogens (tertiary/aromatic N) is 2. The van der Waals surface area contributed by atoms with E-state index in [1.807, 2.05) is 55.5 Å². The van der Waals surface area contributed by atoms with E-state index in [0.717, 1.165) is 22.0 Å². The summed E-state index contributed by atoms with van der Waals surface area (Å²) >= 11 is 1.21. The number of alkyl halides is 3. The minimum Gasteiger partial charge on any atom is -0.480 e. The summed E-state index contributed by atoms with van der Waals surface area (Å²) in [5.74, 6) is -0.997. The van der Waals surface area contributed by atoms with Gasteiger partial charge in [0.25, 0.3) is 0 Å². The van der Waals surface area contributed by atoms with E-state index in [1.165, 1.54) is 17.4 Å². The second-order valence-corrected chi connectivity index (χ2v) is 9.31. The summed E-state index contributed by atoms with van der Waals surface area (Å²) in [6.07, 6.45) is 0. The molecule has 0 spiro atoms. The number of thiazole rings is 1. The first kappa shape index (κ1) is 23.1. The fourth-order valence-corrected chi connectivity index (χ4v) is 5.85. The zero-order valence-electron chi connectivity index (χ0n) is 18.8. The van der Waals surface area contributed by atoms with Gasteiger partial charge in [-0.3, -0.25) is 4.79 Å². The fourth-order valence-electron chi connectivity index (χ4n) is 4.71. The number of hydrogen-bond donors (Lipinski definition) is 1. The molecule has 3 aromatic carbocycles. The van der Waals surface area contributed by atoms with E-state index in [0.29, 0.717) is 21.0 Å². The Hall–Kier alpha value is -3.65. The van der Waals surface area contributed by atoms with Crippen molar-refractivity contribution in [2.24, 2.45) is 0 Å². The molecular weight excluding hydrogens is 473 g/mol. The third-order valence-electron chi connectivity index (χ3n) is 6.22. The maximum absolute atomic E-state index is 14.0. The molecule has 0 saturated heterocycles. The molecule has 0 radical (unpaired) electrons. The lowest BCUT2D eigenvalue weighted by molar-refractivity contribution is -0.137. The van der Waals surface area contributed by atoms with Gasteiger partial charge >= 0.3 is 5.97 Å². The molecule has 0 aliphatic carbocycles. The van der Waals surface area contributed by atoms with Crippen LogP contribution in [0.1, 0.15) is 22.3 Å². The van der Waals surface area contributed by atoms with Gasteiger partial charge in [-0.2, -0.15) is 0 Å². The molecule has 0 atom stereocenters. The Morgan fingerprint density at radius 3 is 2.40 bits per heavy atom. The van der Waals surface area contributed by atoms with Crippen LogP contribution in [0.4, 0.5) is 13.2 Å². The van der Waals surface area contributed by atoms with Gasteiger partial charge < -0.3 is 9.67 Å². The second-order valence-electron chi connectivity index (χ2n) is 8.31. The lowest BCUT2D eigenvalue weighted by Gasteiger charge is -2.10. The van der Waals surface area contributed by atoms with Crippen molar-refractivity contribution in [3.63, 3.8) is 0 Å². The summed E-state index contributed by atoms with van der Waals surface area (Å²) in [6.45, 7) is -1.01. The van der Waals surface area contributed by atoms with Crippen LogP contribution in [0.25, 0.3) is 42.9 Å². The summed E-state index contributed by atoms with van der Waals surface area (Å²) in [4.78, 5) is 16.6. The van der Waals surface area contributed by atoms with Gasteiger partial charge in [-0.25, -0.2) is 18.2 Å². The number of aromatic nitrogens is 2. The average Bonchev–Trinajstić information content (AvgIpc) is 3.43. The average molecular weight is 495 g/mol. The summed E-state index contributed by atoms with van der Waals surface area (Å²) in [7, 11) is 0. The van der Waals surface area contributed by atoms with Crippen LogP contribution in [0, 0.1) is 6.92 Å². The van der Waals surface area contributed by atoms with Crippen molar-refractivity contribution in [3.8, 4) is 21.8 Å². The van der Waals surface area contributed by atoms with E-state index in [4.69, 9.17) is 4.98 Å². The lowest BCUT2D eigenvalue weighted by atomic mass is 10.0. The van der Waals surface area contributed by atoms with Crippen molar-refractivity contribution < 1.29 is 23.1 Å². The quantitative estimate of drug-likeness (QED) is 0.257. The van der Waals surface area contributed by atoms with Crippen molar-refractivity contribution in [3.05, 3.63) is 76.9 Å². The molecule has 8 heteroatoms. The number of carboxylic acid groups (broad SMARTS) is 1. The smallest absolute Gasteiger partial charge is 0.323 e. The molecule has 5 rings (SSSR count). The van der Waals surface area contributed by atoms with Crippen LogP contribution in [-0.2, 0) is 31.4 Å². The molecule has 4 nitrogen and oxygen atoms in total. The van der Waals surface area contributed by atoms with Crippen LogP contribution >= 0.6 is 11.3 Å². The molecule has 178 valence electrons. The van der Waals surface area contributed by atoms with Gasteiger partial charge in [0.15, 0.2) is 0 Å². The van der Waals surface area contributed by atoms with E-state index < -0.39 is 26.0 Å². The zero-order chi connectivity index (χ0) is 24.7. The lowest BCUT2D eigenvalue weighted by Crippen LogP contribution is -2.09. The highest BCUT2D eigenvalue weighted by molar-refractivity contribution is 7.22. The summed E-state index contributed by atoms with van der Waals surface area (Å²) < 4.78 is 43.8. The molecule has 0 amide bonds. The monoisotopic (exact) mass is 494 g/mol. The van der Waals surface area contributed by atoms with Crippen molar-refractivity contribution in [2.75, 3.05) is 0 Å². The maximum Gasteiger partial charge on any atom is 0.323 e. The molecule has 0 aliphatic rings. The van der Waals surface area contributed by atoms with E-state index in [-0.39, 0.29) is 28.8 Å². The first-order valence-electron chi connectivity index (χ1n) is 11.0. The van der Waals surface area contributed by atoms with Crippen molar-refractivity contribution in [2.45, 2.75) is 33.5 Å². The number of aliphatic carboxylic acids is 1. The van der Waals surface area contributed by atoms with E-state index >= 15 is 0 Å². The van der Waals surface area contributed by atoms with Crippen LogP contribution in [0.5, 0.6) is 0 Å². The summed E-state index contributed by atoms with van der Waals surface area (Å²) in [5.41, 5.74) is 4.52. The van der Waals surface area contributed by atoms with Crippen molar-refractivity contribution >= 4 is 38.4 Å². The summed E-state index contributed by atoms with van der Waals surface area (Å²) in [6, 6.07) is 16.4. The molecule has 1 N–H and O–H groups in total. The number of halogens is 3. The zero-order valence-corrected chi connectivity index (χ0v) is 19.6. The Morgan fingerprint density at radius 1 is 1.00 bits per heavy atom. The van der Waals surface area contributed by atoms with Crippen LogP contribution in [-0.4, -0.2) is 20.6 Å². The predicted octanol–water partition coefficient (Wildman–Crippen LogP) is 7.39. The van der Waals surface area contributed by atoms with Crippen LogP contribution in [0.15, 0.2) is 54.6 Å². The first-order valence-corrected chi connectivity index (χ1v) is 11.8. The molecule has 35 heavy (non-hydrogen) atoms. The maximum atomic E-state index is 14.0. The van der Waals surface area contributed by atoms with Gasteiger partial charge in [0.05, 0.1) is 21.4 Å². The van der Waals surface area contributed by atoms with Gasteiger partial charge in [0, 0.05) is 22.1 Å². The molecule has 0 aliphatic heterocycles. The first-order chi connectivity index (χ1) is 17.0. The molecule has 2 heterocycles. The molecule has 0 unspecified atom stereocenters. The highest BCUT2D eigenvalue weighted by atomic mass is 32.1. The molecule has 0 fully saturated rings. The van der Waals surface area contributed by atoms with Gasteiger partial charge in [0.1, 0.15) is 31.6 Å². The standard InChI is InChI=1S/C27H21F3N2O2S/c1-15-6-5-9-20-22(15)23(25(32(20)14-21(33)34)16-7-3-2-4-8-16)27-31-24-19(13-30)17(11-28)10-18(12-29)26(24)35-27/h2-10H,11-14H2,1H3,(H,33,34). The third kappa shape index (κ3) is 3.78. The van der Waals surface area contributed by atoms with Gasteiger partial charge in [-0.1, -0.05) is 42.5 Å². The number of rotatable bonds is 7. The van der Waals surface area contributed by atoms with Gasteiger partial charge in [0.2, 0.25) is 0 Å². The number of carbonyl (C=O) groups is 1. The Labute approximate surface area is 203 Å². The molecule has 0 bridgehead atoms. The Kier molecular flexibility index (Phi) is 6.06. The largest absolute Gasteiger partial charge is 0.480 e. The minimum absolute atomic E-state index is 0.0947. The predicted molar refractivity (Wildman–Crippen MR) is 133 cm³/mol. The molecule has 2 aromatic heterocycles. The molecular formula is C27H21F3N2O2S. The number of hydrogen-bond acceptors (Lipinski definition) is 3. The van der Waals surface area contributed by atoms with Crippen molar-refractivity contribution in [1.29, 1.82) is 0 Å². The van der Waals surface area contributed by atoms with Gasteiger partial charge in [-0.05, 0) is 35.7 Å². The SMILES string of the molecule is Cc1cccc2c1c(-c1nc3c(CF)c(CF)cc(CF)c3s1)c(-c1ccccc1)n2CC(=O)O. The topological polar surface area (TPSA) is 55.1 Å². The Balaban J connectivity index is 1.94. The number of benzene rings is 3.